The highest BCUT2D eigenvalue weighted by Gasteiger charge is 2.20. The SMILES string of the molecule is Oc1ccccc1-c1nnc(NN2CCCCC2)n1-c1ccccc1. The van der Waals surface area contributed by atoms with Crippen LogP contribution in [0.15, 0.2) is 54.6 Å². The number of benzene rings is 2. The van der Waals surface area contributed by atoms with E-state index in [1.165, 1.54) is 19.3 Å². The standard InChI is InChI=1S/C19H21N5O/c25-17-12-6-5-11-16(17)18-20-21-19(22-23-13-7-2-8-14-23)24(18)15-9-3-1-4-10-15/h1,3-6,9-12,25H,2,7-8,13-14H2,(H,21,22). The lowest BCUT2D eigenvalue weighted by Crippen LogP contribution is -2.35. The van der Waals surface area contributed by atoms with Gasteiger partial charge in [0.2, 0.25) is 5.95 Å². The van der Waals surface area contributed by atoms with E-state index in [-0.39, 0.29) is 5.75 Å². The van der Waals surface area contributed by atoms with Gasteiger partial charge in [0.1, 0.15) is 5.75 Å². The first-order valence-corrected chi connectivity index (χ1v) is 8.64. The molecule has 1 aromatic heterocycles. The number of phenolic OH excluding ortho intramolecular Hbond substituents is 1. The number of aromatic nitrogens is 3. The van der Waals surface area contributed by atoms with Crippen LogP contribution in [0.3, 0.4) is 0 Å². The predicted molar refractivity (Wildman–Crippen MR) is 97.5 cm³/mol. The average molecular weight is 335 g/mol. The second-order valence-corrected chi connectivity index (χ2v) is 6.19. The summed E-state index contributed by atoms with van der Waals surface area (Å²) in [6.07, 6.45) is 3.63. The van der Waals surface area contributed by atoms with Crippen molar-refractivity contribution < 1.29 is 5.11 Å². The van der Waals surface area contributed by atoms with Crippen LogP contribution in [0.5, 0.6) is 5.75 Å². The van der Waals surface area contributed by atoms with E-state index in [2.05, 4.69) is 20.6 Å². The number of nitrogens with zero attached hydrogens (tertiary/aromatic N) is 4. The zero-order chi connectivity index (χ0) is 17.1. The fraction of sp³-hybridized carbons (Fsp3) is 0.263. The Labute approximate surface area is 146 Å². The van der Waals surface area contributed by atoms with Crippen LogP contribution in [0.4, 0.5) is 5.95 Å². The maximum Gasteiger partial charge on any atom is 0.244 e. The lowest BCUT2D eigenvalue weighted by atomic mass is 10.2. The molecule has 1 saturated heterocycles. The molecule has 6 heteroatoms. The summed E-state index contributed by atoms with van der Waals surface area (Å²) < 4.78 is 1.95. The van der Waals surface area contributed by atoms with E-state index in [9.17, 15) is 5.11 Å². The van der Waals surface area contributed by atoms with E-state index >= 15 is 0 Å². The number of anilines is 1. The van der Waals surface area contributed by atoms with Crippen molar-refractivity contribution in [3.05, 3.63) is 54.6 Å². The van der Waals surface area contributed by atoms with Crippen LogP contribution in [0.25, 0.3) is 17.1 Å². The lowest BCUT2D eigenvalue weighted by Gasteiger charge is -2.27. The highest BCUT2D eigenvalue weighted by Crippen LogP contribution is 2.31. The fourth-order valence-corrected chi connectivity index (χ4v) is 3.16. The first-order chi connectivity index (χ1) is 12.3. The van der Waals surface area contributed by atoms with Gasteiger partial charge in [0.25, 0.3) is 0 Å². The van der Waals surface area contributed by atoms with Gasteiger partial charge in [0, 0.05) is 13.1 Å². The molecule has 0 bridgehead atoms. The van der Waals surface area contributed by atoms with Gasteiger partial charge in [-0.3, -0.25) is 9.99 Å². The van der Waals surface area contributed by atoms with E-state index in [0.717, 1.165) is 18.8 Å². The molecule has 0 atom stereocenters. The second-order valence-electron chi connectivity index (χ2n) is 6.19. The first kappa shape index (κ1) is 15.7. The van der Waals surface area contributed by atoms with E-state index in [4.69, 9.17) is 0 Å². The average Bonchev–Trinajstić information content (AvgIpc) is 3.07. The molecule has 1 aliphatic rings. The Morgan fingerprint density at radius 2 is 1.56 bits per heavy atom. The molecule has 0 unspecified atom stereocenters. The summed E-state index contributed by atoms with van der Waals surface area (Å²) >= 11 is 0. The van der Waals surface area contributed by atoms with Crippen molar-refractivity contribution in [1.82, 2.24) is 19.8 Å². The Balaban J connectivity index is 1.78. The summed E-state index contributed by atoms with van der Waals surface area (Å²) in [6.45, 7) is 1.99. The van der Waals surface area contributed by atoms with Crippen LogP contribution in [-0.2, 0) is 0 Å². The highest BCUT2D eigenvalue weighted by molar-refractivity contribution is 5.67. The van der Waals surface area contributed by atoms with Gasteiger partial charge in [-0.15, -0.1) is 10.2 Å². The molecule has 6 nitrogen and oxygen atoms in total. The molecule has 2 N–H and O–H groups in total. The minimum absolute atomic E-state index is 0.191. The van der Waals surface area contributed by atoms with Gasteiger partial charge >= 0.3 is 0 Å². The van der Waals surface area contributed by atoms with Crippen LogP contribution in [0.2, 0.25) is 0 Å². The zero-order valence-electron chi connectivity index (χ0n) is 14.0. The van der Waals surface area contributed by atoms with E-state index in [1.807, 2.05) is 47.0 Å². The van der Waals surface area contributed by atoms with E-state index in [0.29, 0.717) is 17.3 Å². The second kappa shape index (κ2) is 6.94. The molecule has 4 rings (SSSR count). The maximum absolute atomic E-state index is 10.3. The van der Waals surface area contributed by atoms with Crippen LogP contribution < -0.4 is 5.43 Å². The van der Waals surface area contributed by atoms with Gasteiger partial charge in [-0.1, -0.05) is 36.8 Å². The summed E-state index contributed by atoms with van der Waals surface area (Å²) in [4.78, 5) is 0. The Hall–Kier alpha value is -2.86. The predicted octanol–water partition coefficient (Wildman–Crippen LogP) is 3.45. The number of aromatic hydroxyl groups is 1. The maximum atomic E-state index is 10.3. The summed E-state index contributed by atoms with van der Waals surface area (Å²) in [5, 5.41) is 21.1. The quantitative estimate of drug-likeness (QED) is 0.764. The van der Waals surface area contributed by atoms with Gasteiger partial charge in [0.15, 0.2) is 5.82 Å². The van der Waals surface area contributed by atoms with Gasteiger partial charge in [-0.25, -0.2) is 5.01 Å². The summed E-state index contributed by atoms with van der Waals surface area (Å²) in [7, 11) is 0. The van der Waals surface area contributed by atoms with Crippen molar-refractivity contribution in [2.24, 2.45) is 0 Å². The molecule has 2 aromatic carbocycles. The molecule has 1 aliphatic heterocycles. The number of piperidine rings is 1. The molecular formula is C19H21N5O. The number of rotatable bonds is 4. The summed E-state index contributed by atoms with van der Waals surface area (Å²) in [6, 6.07) is 17.2. The number of hydrogen-bond acceptors (Lipinski definition) is 5. The molecule has 25 heavy (non-hydrogen) atoms. The van der Waals surface area contributed by atoms with Crippen molar-refractivity contribution in [3.63, 3.8) is 0 Å². The van der Waals surface area contributed by atoms with Gasteiger partial charge < -0.3 is 5.11 Å². The number of phenols is 1. The summed E-state index contributed by atoms with van der Waals surface area (Å²) in [5.74, 6) is 1.46. The Kier molecular flexibility index (Phi) is 4.35. The molecule has 1 fully saturated rings. The molecule has 128 valence electrons. The monoisotopic (exact) mass is 335 g/mol. The molecule has 3 aromatic rings. The van der Waals surface area contributed by atoms with Crippen molar-refractivity contribution in [3.8, 4) is 22.8 Å². The molecule has 0 radical (unpaired) electrons. The molecule has 0 amide bonds. The Morgan fingerprint density at radius 3 is 2.32 bits per heavy atom. The third-order valence-electron chi connectivity index (χ3n) is 4.44. The Morgan fingerprint density at radius 1 is 0.840 bits per heavy atom. The third kappa shape index (κ3) is 3.21. The molecule has 0 spiro atoms. The molecule has 0 saturated carbocycles. The van der Waals surface area contributed by atoms with Gasteiger partial charge in [0.05, 0.1) is 11.3 Å². The molecule has 0 aliphatic carbocycles. The number of hydrogen-bond donors (Lipinski definition) is 2. The largest absolute Gasteiger partial charge is 0.507 e. The van der Waals surface area contributed by atoms with Crippen molar-refractivity contribution >= 4 is 5.95 Å². The molecular weight excluding hydrogens is 314 g/mol. The minimum atomic E-state index is 0.191. The normalized spacial score (nSPS) is 15.2. The van der Waals surface area contributed by atoms with Gasteiger partial charge in [-0.2, -0.15) is 0 Å². The number of hydrazine groups is 1. The number of para-hydroxylation sites is 2. The van der Waals surface area contributed by atoms with E-state index < -0.39 is 0 Å². The van der Waals surface area contributed by atoms with Crippen LogP contribution in [-0.4, -0.2) is 38.0 Å². The van der Waals surface area contributed by atoms with Crippen molar-refractivity contribution in [1.29, 1.82) is 0 Å². The van der Waals surface area contributed by atoms with Crippen LogP contribution in [0.1, 0.15) is 19.3 Å². The topological polar surface area (TPSA) is 66.2 Å². The number of nitrogens with one attached hydrogen (secondary N) is 1. The van der Waals surface area contributed by atoms with Crippen LogP contribution in [0, 0.1) is 0 Å². The van der Waals surface area contributed by atoms with Crippen molar-refractivity contribution in [2.75, 3.05) is 18.5 Å². The lowest BCUT2D eigenvalue weighted by molar-refractivity contribution is 0.270. The fourth-order valence-electron chi connectivity index (χ4n) is 3.16. The van der Waals surface area contributed by atoms with Crippen LogP contribution >= 0.6 is 0 Å². The Bertz CT molecular complexity index is 840. The van der Waals surface area contributed by atoms with E-state index in [1.54, 1.807) is 12.1 Å². The van der Waals surface area contributed by atoms with Gasteiger partial charge in [-0.05, 0) is 37.1 Å². The third-order valence-corrected chi connectivity index (χ3v) is 4.44. The molecule has 2 heterocycles. The highest BCUT2D eigenvalue weighted by atomic mass is 16.3. The minimum Gasteiger partial charge on any atom is -0.507 e. The van der Waals surface area contributed by atoms with Crippen molar-refractivity contribution in [2.45, 2.75) is 19.3 Å². The smallest absolute Gasteiger partial charge is 0.244 e. The summed E-state index contributed by atoms with van der Waals surface area (Å²) in [5.41, 5.74) is 5.01. The first-order valence-electron chi connectivity index (χ1n) is 8.64. The zero-order valence-corrected chi connectivity index (χ0v) is 14.0.